The lowest BCUT2D eigenvalue weighted by Gasteiger charge is -2.34. The number of halogens is 2. The van der Waals surface area contributed by atoms with Gasteiger partial charge in [-0.2, -0.15) is 0 Å². The zero-order valence-corrected chi connectivity index (χ0v) is 10.8. The first kappa shape index (κ1) is 11.9. The first-order valence-electron chi connectivity index (χ1n) is 5.43. The maximum absolute atomic E-state index is 13.2. The number of rotatable bonds is 2. The Morgan fingerprint density at radius 3 is 2.62 bits per heavy atom. The van der Waals surface area contributed by atoms with E-state index in [-0.39, 0.29) is 11.4 Å². The number of piperidine rings is 1. The van der Waals surface area contributed by atoms with Gasteiger partial charge in [0.05, 0.1) is 0 Å². The van der Waals surface area contributed by atoms with E-state index < -0.39 is 0 Å². The molecule has 1 aromatic rings. The lowest BCUT2D eigenvalue weighted by Crippen LogP contribution is -2.43. The molecule has 16 heavy (non-hydrogen) atoms. The van der Waals surface area contributed by atoms with Gasteiger partial charge in [-0.1, -0.05) is 15.9 Å². The van der Waals surface area contributed by atoms with Crippen LogP contribution in [0.15, 0.2) is 22.7 Å². The topological polar surface area (TPSA) is 21.3 Å². The third-order valence-electron chi connectivity index (χ3n) is 2.86. The minimum Gasteiger partial charge on any atom is -0.487 e. The van der Waals surface area contributed by atoms with Crippen molar-refractivity contribution in [3.8, 4) is 5.75 Å². The van der Waals surface area contributed by atoms with Crippen LogP contribution in [0, 0.1) is 5.82 Å². The molecule has 1 heterocycles. The van der Waals surface area contributed by atoms with Crippen LogP contribution >= 0.6 is 15.9 Å². The van der Waals surface area contributed by atoms with Crippen molar-refractivity contribution in [1.29, 1.82) is 0 Å². The number of nitrogens with one attached hydrogen (secondary N) is 1. The summed E-state index contributed by atoms with van der Waals surface area (Å²) in [5, 5.41) is 3.29. The molecule has 88 valence electrons. The van der Waals surface area contributed by atoms with Crippen molar-refractivity contribution in [3.63, 3.8) is 0 Å². The Morgan fingerprint density at radius 1 is 1.31 bits per heavy atom. The molecule has 1 aliphatic heterocycles. The van der Waals surface area contributed by atoms with E-state index in [1.807, 2.05) is 0 Å². The summed E-state index contributed by atoms with van der Waals surface area (Å²) in [6, 6.07) is 4.66. The molecule has 2 rings (SSSR count). The number of hydrogen-bond donors (Lipinski definition) is 1. The Balaban J connectivity index is 2.13. The fourth-order valence-corrected chi connectivity index (χ4v) is 2.37. The Morgan fingerprint density at radius 2 is 2.00 bits per heavy atom. The molecule has 0 bridgehead atoms. The van der Waals surface area contributed by atoms with Gasteiger partial charge in [0.15, 0.2) is 0 Å². The second-order valence-electron chi connectivity index (χ2n) is 4.41. The number of hydrogen-bond acceptors (Lipinski definition) is 2. The minimum absolute atomic E-state index is 0.182. The molecular formula is C12H15BrFNO. The van der Waals surface area contributed by atoms with Gasteiger partial charge in [0.1, 0.15) is 17.2 Å². The highest BCUT2D eigenvalue weighted by atomic mass is 79.9. The largest absolute Gasteiger partial charge is 0.487 e. The molecule has 2 nitrogen and oxygen atoms in total. The summed E-state index contributed by atoms with van der Waals surface area (Å²) >= 11 is 3.26. The van der Waals surface area contributed by atoms with Gasteiger partial charge in [-0.25, -0.2) is 4.39 Å². The van der Waals surface area contributed by atoms with Crippen LogP contribution in [0.25, 0.3) is 0 Å². The van der Waals surface area contributed by atoms with Crippen molar-refractivity contribution < 1.29 is 9.13 Å². The van der Waals surface area contributed by atoms with Crippen LogP contribution in [0.5, 0.6) is 5.75 Å². The SMILES string of the molecule is CC1(Oc2cc(F)cc(Br)c2)CCNCC1. The Labute approximate surface area is 103 Å². The molecule has 0 unspecified atom stereocenters. The summed E-state index contributed by atoms with van der Waals surface area (Å²) < 4.78 is 19.8. The molecule has 0 aliphatic carbocycles. The summed E-state index contributed by atoms with van der Waals surface area (Å²) in [4.78, 5) is 0. The molecular weight excluding hydrogens is 273 g/mol. The predicted molar refractivity (Wildman–Crippen MR) is 65.2 cm³/mol. The van der Waals surface area contributed by atoms with E-state index in [1.165, 1.54) is 12.1 Å². The number of ether oxygens (including phenoxy) is 1. The Kier molecular flexibility index (Phi) is 3.50. The standard InChI is InChI=1S/C12H15BrFNO/c1-12(2-4-15-5-3-12)16-11-7-9(13)6-10(14)8-11/h6-8,15H,2-5H2,1H3. The third-order valence-corrected chi connectivity index (χ3v) is 3.32. The minimum atomic E-state index is -0.276. The fraction of sp³-hybridized carbons (Fsp3) is 0.500. The van der Waals surface area contributed by atoms with E-state index in [9.17, 15) is 4.39 Å². The molecule has 0 spiro atoms. The van der Waals surface area contributed by atoms with Crippen LogP contribution in [0.2, 0.25) is 0 Å². The van der Waals surface area contributed by atoms with Crippen molar-refractivity contribution in [2.75, 3.05) is 13.1 Å². The highest BCUT2D eigenvalue weighted by molar-refractivity contribution is 9.10. The normalized spacial score (nSPS) is 19.4. The van der Waals surface area contributed by atoms with Crippen LogP contribution < -0.4 is 10.1 Å². The monoisotopic (exact) mass is 287 g/mol. The van der Waals surface area contributed by atoms with Crippen molar-refractivity contribution in [3.05, 3.63) is 28.5 Å². The van der Waals surface area contributed by atoms with Crippen LogP contribution in [0.4, 0.5) is 4.39 Å². The van der Waals surface area contributed by atoms with Gasteiger partial charge in [-0.05, 0) is 45.0 Å². The zero-order chi connectivity index (χ0) is 11.6. The van der Waals surface area contributed by atoms with Crippen LogP contribution in [0.1, 0.15) is 19.8 Å². The van der Waals surface area contributed by atoms with E-state index in [0.717, 1.165) is 25.9 Å². The van der Waals surface area contributed by atoms with Crippen molar-refractivity contribution in [1.82, 2.24) is 5.32 Å². The second-order valence-corrected chi connectivity index (χ2v) is 5.32. The molecule has 1 fully saturated rings. The van der Waals surface area contributed by atoms with Gasteiger partial charge >= 0.3 is 0 Å². The summed E-state index contributed by atoms with van der Waals surface area (Å²) in [5.41, 5.74) is -0.182. The molecule has 0 atom stereocenters. The van der Waals surface area contributed by atoms with Gasteiger partial charge < -0.3 is 10.1 Å². The highest BCUT2D eigenvalue weighted by Gasteiger charge is 2.28. The molecule has 4 heteroatoms. The zero-order valence-electron chi connectivity index (χ0n) is 9.22. The lowest BCUT2D eigenvalue weighted by molar-refractivity contribution is 0.0552. The fourth-order valence-electron chi connectivity index (χ4n) is 1.93. The van der Waals surface area contributed by atoms with Gasteiger partial charge in [-0.15, -0.1) is 0 Å². The summed E-state index contributed by atoms with van der Waals surface area (Å²) in [5.74, 6) is 0.318. The van der Waals surface area contributed by atoms with Gasteiger partial charge in [0, 0.05) is 10.5 Å². The summed E-state index contributed by atoms with van der Waals surface area (Å²) in [7, 11) is 0. The molecule has 0 radical (unpaired) electrons. The molecule has 1 aliphatic rings. The molecule has 1 saturated heterocycles. The van der Waals surface area contributed by atoms with Crippen molar-refractivity contribution in [2.45, 2.75) is 25.4 Å². The van der Waals surface area contributed by atoms with E-state index in [0.29, 0.717) is 10.2 Å². The van der Waals surface area contributed by atoms with E-state index in [1.54, 1.807) is 6.07 Å². The Bertz CT molecular complexity index is 357. The molecule has 0 amide bonds. The van der Waals surface area contributed by atoms with Crippen LogP contribution in [0.3, 0.4) is 0 Å². The van der Waals surface area contributed by atoms with E-state index >= 15 is 0 Å². The maximum atomic E-state index is 13.2. The van der Waals surface area contributed by atoms with E-state index in [4.69, 9.17) is 4.74 Å². The number of benzene rings is 1. The average molecular weight is 288 g/mol. The predicted octanol–water partition coefficient (Wildman–Crippen LogP) is 3.11. The summed E-state index contributed by atoms with van der Waals surface area (Å²) in [6.45, 7) is 3.98. The van der Waals surface area contributed by atoms with Gasteiger partial charge in [0.2, 0.25) is 0 Å². The Hall–Kier alpha value is -0.610. The highest BCUT2D eigenvalue weighted by Crippen LogP contribution is 2.28. The third kappa shape index (κ3) is 2.95. The molecule has 0 saturated carbocycles. The summed E-state index contributed by atoms with van der Waals surface area (Å²) in [6.07, 6.45) is 1.89. The van der Waals surface area contributed by atoms with Gasteiger partial charge in [0.25, 0.3) is 0 Å². The molecule has 1 aromatic carbocycles. The van der Waals surface area contributed by atoms with Crippen molar-refractivity contribution >= 4 is 15.9 Å². The quantitative estimate of drug-likeness (QED) is 0.903. The molecule has 0 aromatic heterocycles. The maximum Gasteiger partial charge on any atom is 0.128 e. The van der Waals surface area contributed by atoms with Crippen molar-refractivity contribution in [2.24, 2.45) is 0 Å². The van der Waals surface area contributed by atoms with Crippen LogP contribution in [-0.4, -0.2) is 18.7 Å². The lowest BCUT2D eigenvalue weighted by atomic mass is 9.94. The van der Waals surface area contributed by atoms with Crippen LogP contribution in [-0.2, 0) is 0 Å². The smallest absolute Gasteiger partial charge is 0.128 e. The van der Waals surface area contributed by atoms with Gasteiger partial charge in [-0.3, -0.25) is 0 Å². The molecule has 1 N–H and O–H groups in total. The first-order valence-corrected chi connectivity index (χ1v) is 6.23. The van der Waals surface area contributed by atoms with E-state index in [2.05, 4.69) is 28.2 Å². The average Bonchev–Trinajstić information content (AvgIpc) is 2.15. The second kappa shape index (κ2) is 4.72. The first-order chi connectivity index (χ1) is 7.57.